The second kappa shape index (κ2) is 10.9. The molecule has 3 aromatic carbocycles. The lowest BCUT2D eigenvalue weighted by Crippen LogP contribution is -2.45. The van der Waals surface area contributed by atoms with Gasteiger partial charge < -0.3 is 24.6 Å². The van der Waals surface area contributed by atoms with Crippen molar-refractivity contribution in [1.82, 2.24) is 4.90 Å². The van der Waals surface area contributed by atoms with Crippen LogP contribution in [0, 0.1) is 0 Å². The zero-order chi connectivity index (χ0) is 25.7. The zero-order valence-electron chi connectivity index (χ0n) is 20.6. The number of fused-ring (bicyclic) bond motifs is 1. The van der Waals surface area contributed by atoms with Gasteiger partial charge in [-0.25, -0.2) is 0 Å². The van der Waals surface area contributed by atoms with Gasteiger partial charge in [0.05, 0.1) is 18.5 Å². The van der Waals surface area contributed by atoms with Gasteiger partial charge in [-0.3, -0.25) is 14.4 Å². The van der Waals surface area contributed by atoms with Crippen LogP contribution < -0.4 is 19.7 Å². The van der Waals surface area contributed by atoms with Crippen LogP contribution in [0.3, 0.4) is 0 Å². The summed E-state index contributed by atoms with van der Waals surface area (Å²) in [5.41, 5.74) is 2.57. The molecular formula is C28H29N3O5. The van der Waals surface area contributed by atoms with E-state index in [2.05, 4.69) is 5.32 Å². The van der Waals surface area contributed by atoms with Gasteiger partial charge in [0.1, 0.15) is 13.2 Å². The van der Waals surface area contributed by atoms with Gasteiger partial charge in [-0.15, -0.1) is 0 Å². The molecule has 36 heavy (non-hydrogen) atoms. The lowest BCUT2D eigenvalue weighted by atomic mass is 10.1. The fraction of sp³-hybridized carbons (Fsp3) is 0.250. The van der Waals surface area contributed by atoms with E-state index in [-0.39, 0.29) is 36.7 Å². The molecule has 0 aliphatic carbocycles. The molecule has 1 atom stereocenters. The fourth-order valence-corrected chi connectivity index (χ4v) is 4.19. The summed E-state index contributed by atoms with van der Waals surface area (Å²) in [5.74, 6) is 0.176. The number of carbonyl (C=O) groups is 3. The third kappa shape index (κ3) is 5.49. The van der Waals surface area contributed by atoms with E-state index in [1.165, 1.54) is 12.0 Å². The normalized spacial score (nSPS) is 14.8. The molecule has 0 radical (unpaired) electrons. The maximum Gasteiger partial charge on any atom is 0.254 e. The van der Waals surface area contributed by atoms with E-state index in [0.29, 0.717) is 35.0 Å². The van der Waals surface area contributed by atoms with Crippen LogP contribution in [0.1, 0.15) is 29.3 Å². The Kier molecular flexibility index (Phi) is 7.53. The van der Waals surface area contributed by atoms with E-state index in [1.807, 2.05) is 43.3 Å². The highest BCUT2D eigenvalue weighted by Crippen LogP contribution is 2.32. The number of benzene rings is 3. The van der Waals surface area contributed by atoms with Crippen molar-refractivity contribution >= 4 is 29.1 Å². The van der Waals surface area contributed by atoms with E-state index >= 15 is 0 Å². The van der Waals surface area contributed by atoms with Crippen LogP contribution in [0.15, 0.2) is 72.8 Å². The van der Waals surface area contributed by atoms with Crippen molar-refractivity contribution in [3.63, 3.8) is 0 Å². The molecular weight excluding hydrogens is 458 g/mol. The molecule has 186 valence electrons. The van der Waals surface area contributed by atoms with Crippen molar-refractivity contribution in [2.75, 3.05) is 30.9 Å². The first-order valence-electron chi connectivity index (χ1n) is 11.7. The molecule has 4 rings (SSSR count). The van der Waals surface area contributed by atoms with E-state index in [1.54, 1.807) is 48.3 Å². The number of likely N-dealkylation sites (N-methyl/N-ethyl adjacent to an activating group) is 1. The highest BCUT2D eigenvalue weighted by atomic mass is 16.5. The highest BCUT2D eigenvalue weighted by Gasteiger charge is 2.30. The summed E-state index contributed by atoms with van der Waals surface area (Å²) in [6.07, 6.45) is 0.166. The smallest absolute Gasteiger partial charge is 0.254 e. The first-order chi connectivity index (χ1) is 17.4. The Bertz CT molecular complexity index is 1260. The Labute approximate surface area is 210 Å². The largest absolute Gasteiger partial charge is 0.493 e. The number of amides is 3. The van der Waals surface area contributed by atoms with Crippen molar-refractivity contribution in [3.8, 4) is 11.5 Å². The number of hydrogen-bond acceptors (Lipinski definition) is 5. The van der Waals surface area contributed by atoms with Crippen LogP contribution >= 0.6 is 0 Å². The van der Waals surface area contributed by atoms with Crippen molar-refractivity contribution in [1.29, 1.82) is 0 Å². The SMILES string of the molecule is COc1cc(C(=O)N(C)CC(=O)N2c3ccccc3NC(=O)C[C@@H]2C)ccc1OCc1ccccc1. The number of para-hydroxylation sites is 2. The van der Waals surface area contributed by atoms with Gasteiger partial charge in [0.25, 0.3) is 5.91 Å². The monoisotopic (exact) mass is 487 g/mol. The number of rotatable bonds is 7. The molecule has 3 aromatic rings. The van der Waals surface area contributed by atoms with Crippen molar-refractivity contribution in [2.24, 2.45) is 0 Å². The molecule has 0 fully saturated rings. The fourth-order valence-electron chi connectivity index (χ4n) is 4.19. The summed E-state index contributed by atoms with van der Waals surface area (Å²) in [6, 6.07) is 21.5. The molecule has 0 aromatic heterocycles. The molecule has 0 unspecified atom stereocenters. The second-order valence-corrected chi connectivity index (χ2v) is 8.68. The Hall–Kier alpha value is -4.33. The van der Waals surface area contributed by atoms with E-state index < -0.39 is 0 Å². The molecule has 0 spiro atoms. The molecule has 1 aliphatic rings. The predicted octanol–water partition coefficient (Wildman–Crippen LogP) is 4.11. The first-order valence-corrected chi connectivity index (χ1v) is 11.7. The Morgan fingerprint density at radius 2 is 1.75 bits per heavy atom. The zero-order valence-corrected chi connectivity index (χ0v) is 20.6. The molecule has 8 heteroatoms. The molecule has 3 amide bonds. The summed E-state index contributed by atoms with van der Waals surface area (Å²) in [6.45, 7) is 2.03. The molecule has 0 saturated carbocycles. The Morgan fingerprint density at radius 1 is 1.03 bits per heavy atom. The van der Waals surface area contributed by atoms with Gasteiger partial charge >= 0.3 is 0 Å². The topological polar surface area (TPSA) is 88.2 Å². The molecule has 0 saturated heterocycles. The first kappa shape index (κ1) is 24.8. The number of hydrogen-bond donors (Lipinski definition) is 1. The van der Waals surface area contributed by atoms with Crippen LogP contribution in [0.25, 0.3) is 0 Å². The van der Waals surface area contributed by atoms with Crippen LogP contribution in [-0.4, -0.2) is 49.4 Å². The number of nitrogens with zero attached hydrogens (tertiary/aromatic N) is 2. The van der Waals surface area contributed by atoms with Gasteiger partial charge in [0, 0.05) is 25.1 Å². The van der Waals surface area contributed by atoms with Gasteiger partial charge in [-0.05, 0) is 42.8 Å². The minimum Gasteiger partial charge on any atom is -0.493 e. The van der Waals surface area contributed by atoms with Gasteiger partial charge in [-0.1, -0.05) is 42.5 Å². The second-order valence-electron chi connectivity index (χ2n) is 8.68. The molecule has 8 nitrogen and oxygen atoms in total. The third-order valence-electron chi connectivity index (χ3n) is 5.99. The lowest BCUT2D eigenvalue weighted by molar-refractivity contribution is -0.119. The Morgan fingerprint density at radius 3 is 2.50 bits per heavy atom. The van der Waals surface area contributed by atoms with Crippen molar-refractivity contribution < 1.29 is 23.9 Å². The minimum absolute atomic E-state index is 0.153. The molecule has 1 N–H and O–H groups in total. The van der Waals surface area contributed by atoms with Crippen molar-refractivity contribution in [3.05, 3.63) is 83.9 Å². The highest BCUT2D eigenvalue weighted by molar-refractivity contribution is 6.06. The maximum absolute atomic E-state index is 13.3. The standard InChI is InChI=1S/C28H29N3O5/c1-19-15-26(32)29-22-11-7-8-12-23(22)31(19)27(33)17-30(2)28(34)21-13-14-24(25(16-21)35-3)36-18-20-9-5-4-6-10-20/h4-14,16,19H,15,17-18H2,1-3H3,(H,29,32)/t19-/m0/s1. The number of anilines is 2. The summed E-state index contributed by atoms with van der Waals surface area (Å²) < 4.78 is 11.3. The molecule has 1 aliphatic heterocycles. The average Bonchev–Trinajstić information content (AvgIpc) is 3.01. The average molecular weight is 488 g/mol. The predicted molar refractivity (Wildman–Crippen MR) is 137 cm³/mol. The number of carbonyl (C=O) groups excluding carboxylic acids is 3. The molecule has 1 heterocycles. The number of nitrogens with one attached hydrogen (secondary N) is 1. The van der Waals surface area contributed by atoms with Crippen LogP contribution in [0.4, 0.5) is 11.4 Å². The minimum atomic E-state index is -0.356. The maximum atomic E-state index is 13.3. The van der Waals surface area contributed by atoms with Crippen LogP contribution in [0.2, 0.25) is 0 Å². The van der Waals surface area contributed by atoms with E-state index in [9.17, 15) is 14.4 Å². The molecule has 0 bridgehead atoms. The van der Waals surface area contributed by atoms with Gasteiger partial charge in [-0.2, -0.15) is 0 Å². The van der Waals surface area contributed by atoms with Crippen LogP contribution in [-0.2, 0) is 16.2 Å². The third-order valence-corrected chi connectivity index (χ3v) is 5.99. The Balaban J connectivity index is 1.47. The lowest BCUT2D eigenvalue weighted by Gasteiger charge is -2.29. The number of ether oxygens (including phenoxy) is 2. The summed E-state index contributed by atoms with van der Waals surface area (Å²) in [5, 5.41) is 2.84. The van der Waals surface area contributed by atoms with E-state index in [0.717, 1.165) is 5.56 Å². The quantitative estimate of drug-likeness (QED) is 0.542. The summed E-state index contributed by atoms with van der Waals surface area (Å²) in [4.78, 5) is 41.6. The van der Waals surface area contributed by atoms with Gasteiger partial charge in [0.15, 0.2) is 11.5 Å². The van der Waals surface area contributed by atoms with Gasteiger partial charge in [0.2, 0.25) is 11.8 Å². The summed E-state index contributed by atoms with van der Waals surface area (Å²) in [7, 11) is 3.09. The van der Waals surface area contributed by atoms with Crippen molar-refractivity contribution in [2.45, 2.75) is 26.0 Å². The number of methoxy groups -OCH3 is 1. The van der Waals surface area contributed by atoms with E-state index in [4.69, 9.17) is 9.47 Å². The van der Waals surface area contributed by atoms with Crippen LogP contribution in [0.5, 0.6) is 11.5 Å². The summed E-state index contributed by atoms with van der Waals surface area (Å²) >= 11 is 0.